The summed E-state index contributed by atoms with van der Waals surface area (Å²) in [5.74, 6) is 1.11. The van der Waals surface area contributed by atoms with Gasteiger partial charge in [-0.3, -0.25) is 0 Å². The topological polar surface area (TPSA) is 105 Å². The van der Waals surface area contributed by atoms with Crippen molar-refractivity contribution in [2.45, 2.75) is 19.6 Å². The average molecular weight is 415 g/mol. The first kappa shape index (κ1) is 19.0. The van der Waals surface area contributed by atoms with Crippen LogP contribution in [0.2, 0.25) is 5.02 Å². The van der Waals surface area contributed by atoms with Gasteiger partial charge in [0.2, 0.25) is 5.95 Å². The van der Waals surface area contributed by atoms with E-state index in [1.54, 1.807) is 25.4 Å². The molecule has 0 atom stereocenters. The van der Waals surface area contributed by atoms with E-state index >= 15 is 0 Å². The highest BCUT2D eigenvalue weighted by Crippen LogP contribution is 2.26. The Balaban J connectivity index is 1.56. The number of methoxy groups -OCH3 is 1. The molecular weight excluding hydrogens is 396 g/mol. The lowest BCUT2D eigenvalue weighted by atomic mass is 10.2. The molecule has 0 fully saturated rings. The quantitative estimate of drug-likeness (QED) is 0.634. The van der Waals surface area contributed by atoms with E-state index in [4.69, 9.17) is 16.3 Å². The molecule has 0 saturated carbocycles. The Kier molecular flexibility index (Phi) is 5.22. The number of hydrogen-bond donors (Lipinski definition) is 2. The highest BCUT2D eigenvalue weighted by atomic mass is 35.5. The fourth-order valence-corrected chi connectivity index (χ4v) is 3.45. The summed E-state index contributed by atoms with van der Waals surface area (Å²) >= 11 is 6.16. The van der Waals surface area contributed by atoms with Crippen LogP contribution in [0, 0.1) is 0 Å². The van der Waals surface area contributed by atoms with Gasteiger partial charge >= 0.3 is 5.97 Å². The van der Waals surface area contributed by atoms with Crippen molar-refractivity contribution in [3.63, 3.8) is 0 Å². The van der Waals surface area contributed by atoms with E-state index in [1.165, 1.54) is 6.20 Å². The summed E-state index contributed by atoms with van der Waals surface area (Å²) in [4.78, 5) is 26.6. The van der Waals surface area contributed by atoms with Gasteiger partial charge in [-0.15, -0.1) is 0 Å². The summed E-state index contributed by atoms with van der Waals surface area (Å²) in [6.07, 6.45) is 5.03. The number of carbonyl (C=O) groups is 1. The van der Waals surface area contributed by atoms with Gasteiger partial charge in [0.25, 0.3) is 0 Å². The van der Waals surface area contributed by atoms with Crippen LogP contribution < -0.4 is 15.0 Å². The third-order valence-corrected chi connectivity index (χ3v) is 5.01. The van der Waals surface area contributed by atoms with Gasteiger partial charge in [0.1, 0.15) is 23.0 Å². The normalized spacial score (nSPS) is 13.1. The monoisotopic (exact) mass is 414 g/mol. The van der Waals surface area contributed by atoms with Gasteiger partial charge in [-0.25, -0.2) is 14.8 Å². The van der Waals surface area contributed by atoms with Crippen LogP contribution in [0.1, 0.15) is 21.7 Å². The Labute approximate surface area is 171 Å². The molecule has 0 amide bonds. The van der Waals surface area contributed by atoms with Crippen LogP contribution in [-0.2, 0) is 19.6 Å². The number of nitrogens with one attached hydrogen (secondary N) is 1. The molecule has 0 unspecified atom stereocenters. The Hall–Kier alpha value is -3.33. The Morgan fingerprint density at radius 3 is 2.97 bits per heavy atom. The van der Waals surface area contributed by atoms with Crippen LogP contribution >= 0.6 is 11.6 Å². The Morgan fingerprint density at radius 2 is 2.21 bits per heavy atom. The van der Waals surface area contributed by atoms with Gasteiger partial charge in [0.05, 0.1) is 18.7 Å². The lowest BCUT2D eigenvalue weighted by molar-refractivity contribution is 0.0697. The minimum Gasteiger partial charge on any atom is -0.495 e. The Bertz CT molecular complexity index is 1050. The minimum absolute atomic E-state index is 0.00636. The van der Waals surface area contributed by atoms with Gasteiger partial charge in [-0.1, -0.05) is 17.7 Å². The zero-order chi connectivity index (χ0) is 20.4. The van der Waals surface area contributed by atoms with E-state index in [0.29, 0.717) is 36.4 Å². The predicted octanol–water partition coefficient (Wildman–Crippen LogP) is 2.67. The second-order valence-electron chi connectivity index (χ2n) is 6.52. The SMILES string of the molecule is COc1ccc(CNc2nc(N3CCn4ccnc4C3)ncc2C(=O)O)cc1Cl. The second-order valence-corrected chi connectivity index (χ2v) is 6.93. The van der Waals surface area contributed by atoms with Crippen molar-refractivity contribution in [1.29, 1.82) is 0 Å². The van der Waals surface area contributed by atoms with Crippen molar-refractivity contribution in [3.05, 3.63) is 58.8 Å². The third kappa shape index (κ3) is 3.95. The molecule has 0 spiro atoms. The molecular formula is C19H19ClN6O3. The van der Waals surface area contributed by atoms with E-state index in [-0.39, 0.29) is 11.4 Å². The van der Waals surface area contributed by atoms with Crippen molar-refractivity contribution >= 4 is 29.3 Å². The molecule has 1 aromatic carbocycles. The van der Waals surface area contributed by atoms with Crippen molar-refractivity contribution in [2.75, 3.05) is 23.9 Å². The molecule has 1 aliphatic heterocycles. The molecule has 0 aliphatic carbocycles. The summed E-state index contributed by atoms with van der Waals surface area (Å²) < 4.78 is 7.23. The molecule has 10 heteroatoms. The second kappa shape index (κ2) is 7.96. The summed E-state index contributed by atoms with van der Waals surface area (Å²) in [6.45, 7) is 2.40. The molecule has 2 aromatic heterocycles. The van der Waals surface area contributed by atoms with E-state index in [9.17, 15) is 9.90 Å². The number of halogens is 1. The molecule has 29 heavy (non-hydrogen) atoms. The van der Waals surface area contributed by atoms with Crippen molar-refractivity contribution < 1.29 is 14.6 Å². The first-order valence-electron chi connectivity index (χ1n) is 8.96. The smallest absolute Gasteiger partial charge is 0.341 e. The lowest BCUT2D eigenvalue weighted by Gasteiger charge is -2.28. The van der Waals surface area contributed by atoms with Crippen LogP contribution in [0.3, 0.4) is 0 Å². The van der Waals surface area contributed by atoms with Crippen LogP contribution in [-0.4, -0.2) is 44.2 Å². The summed E-state index contributed by atoms with van der Waals surface area (Å²) in [6, 6.07) is 5.38. The molecule has 0 bridgehead atoms. The van der Waals surface area contributed by atoms with Crippen LogP contribution in [0.15, 0.2) is 36.8 Å². The number of carboxylic acid groups (broad SMARTS) is 1. The average Bonchev–Trinajstić information content (AvgIpc) is 3.20. The van der Waals surface area contributed by atoms with Gasteiger partial charge in [-0.2, -0.15) is 4.98 Å². The zero-order valence-corrected chi connectivity index (χ0v) is 16.4. The molecule has 1 aliphatic rings. The van der Waals surface area contributed by atoms with Gasteiger partial charge in [-0.05, 0) is 17.7 Å². The standard InChI is InChI=1S/C19H19ClN6O3/c1-29-15-3-2-12(8-14(15)20)9-22-17-13(18(27)28)10-23-19(24-17)26-7-6-25-5-4-21-16(25)11-26/h2-5,8,10H,6-7,9,11H2,1H3,(H,27,28)(H,22,23,24). The van der Waals surface area contributed by atoms with Crippen LogP contribution in [0.25, 0.3) is 0 Å². The molecule has 4 rings (SSSR count). The molecule has 150 valence electrons. The number of aromatic carboxylic acids is 1. The number of imidazole rings is 1. The molecule has 9 nitrogen and oxygen atoms in total. The summed E-state index contributed by atoms with van der Waals surface area (Å²) in [5, 5.41) is 13.1. The molecule has 3 heterocycles. The molecule has 0 radical (unpaired) electrons. The first-order chi connectivity index (χ1) is 14.0. The Morgan fingerprint density at radius 1 is 1.34 bits per heavy atom. The van der Waals surface area contributed by atoms with Gasteiger partial charge in [0, 0.05) is 38.2 Å². The van der Waals surface area contributed by atoms with Crippen LogP contribution in [0.5, 0.6) is 5.75 Å². The number of nitrogens with zero attached hydrogens (tertiary/aromatic N) is 5. The van der Waals surface area contributed by atoms with Crippen molar-refractivity contribution in [1.82, 2.24) is 19.5 Å². The van der Waals surface area contributed by atoms with Crippen LogP contribution in [0.4, 0.5) is 11.8 Å². The maximum absolute atomic E-state index is 11.6. The lowest BCUT2D eigenvalue weighted by Crippen LogP contribution is -2.35. The van der Waals surface area contributed by atoms with Gasteiger partial charge in [0.15, 0.2) is 0 Å². The fraction of sp³-hybridized carbons (Fsp3) is 0.263. The van der Waals surface area contributed by atoms with Gasteiger partial charge < -0.3 is 24.6 Å². The zero-order valence-electron chi connectivity index (χ0n) is 15.7. The summed E-state index contributed by atoms with van der Waals surface area (Å²) in [7, 11) is 1.55. The maximum Gasteiger partial charge on any atom is 0.341 e. The number of aromatic nitrogens is 4. The van der Waals surface area contributed by atoms with E-state index in [2.05, 4.69) is 24.8 Å². The highest BCUT2D eigenvalue weighted by molar-refractivity contribution is 6.32. The minimum atomic E-state index is -1.10. The van der Waals surface area contributed by atoms with E-state index in [1.807, 2.05) is 17.2 Å². The number of anilines is 2. The molecule has 0 saturated heterocycles. The number of hydrogen-bond acceptors (Lipinski definition) is 7. The summed E-state index contributed by atoms with van der Waals surface area (Å²) in [5.41, 5.74) is 0.874. The van der Waals surface area contributed by atoms with E-state index in [0.717, 1.165) is 17.9 Å². The van der Waals surface area contributed by atoms with Crippen molar-refractivity contribution in [2.24, 2.45) is 0 Å². The predicted molar refractivity (Wildman–Crippen MR) is 108 cm³/mol. The highest BCUT2D eigenvalue weighted by Gasteiger charge is 2.21. The third-order valence-electron chi connectivity index (χ3n) is 4.71. The fourth-order valence-electron chi connectivity index (χ4n) is 3.17. The molecule has 3 aromatic rings. The number of rotatable bonds is 6. The van der Waals surface area contributed by atoms with Crippen molar-refractivity contribution in [3.8, 4) is 5.75 Å². The number of ether oxygens (including phenoxy) is 1. The maximum atomic E-state index is 11.6. The molecule has 2 N–H and O–H groups in total. The number of carboxylic acids is 1. The largest absolute Gasteiger partial charge is 0.495 e. The van der Waals surface area contributed by atoms with E-state index < -0.39 is 5.97 Å². The number of fused-ring (bicyclic) bond motifs is 1. The first-order valence-corrected chi connectivity index (χ1v) is 9.34. The number of benzene rings is 1.